The number of amides is 2. The van der Waals surface area contributed by atoms with Gasteiger partial charge in [-0.05, 0) is 74.1 Å². The molecule has 2 aromatic carbocycles. The Kier molecular flexibility index (Phi) is 6.58. The van der Waals surface area contributed by atoms with Crippen LogP contribution in [0.1, 0.15) is 37.3 Å². The molecule has 0 radical (unpaired) electrons. The van der Waals surface area contributed by atoms with Crippen LogP contribution >= 0.6 is 11.6 Å². The van der Waals surface area contributed by atoms with Gasteiger partial charge in [-0.25, -0.2) is 8.42 Å². The highest BCUT2D eigenvalue weighted by atomic mass is 35.5. The normalized spacial score (nSPS) is 17.8. The lowest BCUT2D eigenvalue weighted by molar-refractivity contribution is -0.121. The van der Waals surface area contributed by atoms with E-state index in [4.69, 9.17) is 11.6 Å². The second-order valence-electron chi connectivity index (χ2n) is 8.62. The largest absolute Gasteiger partial charge is 0.356 e. The summed E-state index contributed by atoms with van der Waals surface area (Å²) >= 11 is 5.86. The minimum absolute atomic E-state index is 0.0301. The molecule has 0 saturated heterocycles. The molecule has 2 amide bonds. The summed E-state index contributed by atoms with van der Waals surface area (Å²) in [6.45, 7) is 2.42. The maximum absolute atomic E-state index is 12.8. The summed E-state index contributed by atoms with van der Waals surface area (Å²) in [5.74, 6) is -0.288. The minimum Gasteiger partial charge on any atom is -0.356 e. The van der Waals surface area contributed by atoms with Crippen molar-refractivity contribution < 1.29 is 18.0 Å². The van der Waals surface area contributed by atoms with Crippen LogP contribution in [-0.2, 0) is 32.3 Å². The highest BCUT2D eigenvalue weighted by Gasteiger charge is 2.39. The van der Waals surface area contributed by atoms with Crippen LogP contribution in [0.15, 0.2) is 47.4 Å². The highest BCUT2D eigenvalue weighted by Crippen LogP contribution is 2.39. The number of rotatable bonds is 8. The molecule has 1 fully saturated rings. The van der Waals surface area contributed by atoms with Crippen molar-refractivity contribution in [2.24, 2.45) is 5.92 Å². The van der Waals surface area contributed by atoms with Crippen LogP contribution in [0.5, 0.6) is 0 Å². The molecule has 1 N–H and O–H groups in total. The third-order valence-corrected chi connectivity index (χ3v) is 8.00. The van der Waals surface area contributed by atoms with Gasteiger partial charge in [-0.1, -0.05) is 23.7 Å². The molecule has 1 aliphatic carbocycles. The Balaban J connectivity index is 1.32. The summed E-state index contributed by atoms with van der Waals surface area (Å²) in [4.78, 5) is 26.8. The lowest BCUT2D eigenvalue weighted by Crippen LogP contribution is -2.36. The molecule has 2 aliphatic rings. The van der Waals surface area contributed by atoms with Crippen molar-refractivity contribution in [2.75, 3.05) is 17.2 Å². The average Bonchev–Trinajstić information content (AvgIpc) is 3.55. The zero-order valence-corrected chi connectivity index (χ0v) is 19.6. The van der Waals surface area contributed by atoms with E-state index in [1.807, 2.05) is 24.0 Å². The molecule has 1 aliphatic heterocycles. The van der Waals surface area contributed by atoms with Crippen LogP contribution in [-0.4, -0.2) is 38.6 Å². The van der Waals surface area contributed by atoms with Crippen LogP contribution in [0.2, 0.25) is 5.02 Å². The van der Waals surface area contributed by atoms with Gasteiger partial charge in [0, 0.05) is 35.6 Å². The summed E-state index contributed by atoms with van der Waals surface area (Å²) < 4.78 is 25.6. The van der Waals surface area contributed by atoms with Gasteiger partial charge >= 0.3 is 0 Å². The predicted molar refractivity (Wildman–Crippen MR) is 125 cm³/mol. The smallest absolute Gasteiger partial charge is 0.230 e. The number of sulfone groups is 1. The topological polar surface area (TPSA) is 83.6 Å². The minimum atomic E-state index is -3.60. The van der Waals surface area contributed by atoms with E-state index in [1.165, 1.54) is 0 Å². The number of nitrogens with one attached hydrogen (secondary N) is 1. The van der Waals surface area contributed by atoms with Gasteiger partial charge in [-0.3, -0.25) is 9.59 Å². The summed E-state index contributed by atoms with van der Waals surface area (Å²) in [5.41, 5.74) is 2.73. The molecule has 1 unspecified atom stereocenters. The SMILES string of the molecule is CC1Cc2cc(S(=O)(=O)CCC(=O)NCCc3ccc(Cl)cc3)ccc2N1C(=O)C1CC1. The first kappa shape index (κ1) is 22.8. The highest BCUT2D eigenvalue weighted by molar-refractivity contribution is 7.91. The van der Waals surface area contributed by atoms with Gasteiger partial charge in [-0.15, -0.1) is 0 Å². The van der Waals surface area contributed by atoms with Crippen LogP contribution < -0.4 is 10.2 Å². The van der Waals surface area contributed by atoms with E-state index in [0.717, 1.165) is 29.7 Å². The van der Waals surface area contributed by atoms with Crippen molar-refractivity contribution in [3.05, 3.63) is 58.6 Å². The molecule has 1 atom stereocenters. The molecule has 4 rings (SSSR count). The summed E-state index contributed by atoms with van der Waals surface area (Å²) in [6.07, 6.45) is 3.07. The predicted octanol–water partition coefficient (Wildman–Crippen LogP) is 3.55. The monoisotopic (exact) mass is 474 g/mol. The van der Waals surface area contributed by atoms with Gasteiger partial charge in [0.1, 0.15) is 0 Å². The van der Waals surface area contributed by atoms with E-state index in [-0.39, 0.29) is 40.8 Å². The van der Waals surface area contributed by atoms with E-state index in [2.05, 4.69) is 5.32 Å². The van der Waals surface area contributed by atoms with Gasteiger partial charge in [-0.2, -0.15) is 0 Å². The van der Waals surface area contributed by atoms with E-state index in [1.54, 1.807) is 30.3 Å². The van der Waals surface area contributed by atoms with Gasteiger partial charge in [0.2, 0.25) is 11.8 Å². The van der Waals surface area contributed by atoms with E-state index >= 15 is 0 Å². The number of anilines is 1. The number of fused-ring (bicyclic) bond motifs is 1. The van der Waals surface area contributed by atoms with Gasteiger partial charge in [0.15, 0.2) is 9.84 Å². The van der Waals surface area contributed by atoms with Crippen LogP contribution in [0.25, 0.3) is 0 Å². The zero-order chi connectivity index (χ0) is 22.9. The number of hydrogen-bond donors (Lipinski definition) is 1. The Hall–Kier alpha value is -2.38. The first-order valence-electron chi connectivity index (χ1n) is 10.9. The van der Waals surface area contributed by atoms with Gasteiger partial charge in [0.05, 0.1) is 10.6 Å². The molecule has 2 aromatic rings. The second kappa shape index (κ2) is 9.24. The number of carbonyl (C=O) groups excluding carboxylic acids is 2. The maximum atomic E-state index is 12.8. The summed E-state index contributed by atoms with van der Waals surface area (Å²) in [5, 5.41) is 3.43. The lowest BCUT2D eigenvalue weighted by atomic mass is 10.1. The van der Waals surface area contributed by atoms with Gasteiger partial charge in [0.25, 0.3) is 0 Å². The molecule has 6 nitrogen and oxygen atoms in total. The molecule has 0 spiro atoms. The van der Waals surface area contributed by atoms with E-state index < -0.39 is 9.84 Å². The van der Waals surface area contributed by atoms with E-state index in [0.29, 0.717) is 24.4 Å². The van der Waals surface area contributed by atoms with Crippen molar-refractivity contribution in [1.82, 2.24) is 5.32 Å². The summed E-state index contributed by atoms with van der Waals surface area (Å²) in [6, 6.07) is 12.4. The maximum Gasteiger partial charge on any atom is 0.230 e. The Labute approximate surface area is 193 Å². The quantitative estimate of drug-likeness (QED) is 0.634. The molecule has 170 valence electrons. The molecule has 32 heavy (non-hydrogen) atoms. The number of nitrogens with zero attached hydrogens (tertiary/aromatic N) is 1. The van der Waals surface area contributed by atoms with Crippen molar-refractivity contribution in [3.8, 4) is 0 Å². The van der Waals surface area contributed by atoms with Crippen LogP contribution in [0.4, 0.5) is 5.69 Å². The molecule has 0 aromatic heterocycles. The second-order valence-corrected chi connectivity index (χ2v) is 11.2. The lowest BCUT2D eigenvalue weighted by Gasteiger charge is -2.22. The first-order chi connectivity index (χ1) is 15.2. The van der Waals surface area contributed by atoms with Crippen molar-refractivity contribution in [1.29, 1.82) is 0 Å². The number of hydrogen-bond acceptors (Lipinski definition) is 4. The van der Waals surface area contributed by atoms with Crippen molar-refractivity contribution in [2.45, 2.75) is 50.0 Å². The van der Waals surface area contributed by atoms with E-state index in [9.17, 15) is 18.0 Å². The Morgan fingerprint density at radius 2 is 1.84 bits per heavy atom. The molecule has 0 bridgehead atoms. The number of halogens is 1. The third-order valence-electron chi connectivity index (χ3n) is 6.04. The molecule has 1 saturated carbocycles. The fourth-order valence-electron chi connectivity index (χ4n) is 4.09. The van der Waals surface area contributed by atoms with Crippen LogP contribution in [0, 0.1) is 5.92 Å². The Bertz CT molecular complexity index is 1130. The molecular formula is C24H27ClN2O4S. The Morgan fingerprint density at radius 1 is 1.12 bits per heavy atom. The third kappa shape index (κ3) is 5.15. The fraction of sp³-hybridized carbons (Fsp3) is 0.417. The van der Waals surface area contributed by atoms with Crippen LogP contribution in [0.3, 0.4) is 0 Å². The number of benzene rings is 2. The zero-order valence-electron chi connectivity index (χ0n) is 18.0. The van der Waals surface area contributed by atoms with Gasteiger partial charge < -0.3 is 10.2 Å². The fourth-order valence-corrected chi connectivity index (χ4v) is 5.51. The molecule has 1 heterocycles. The van der Waals surface area contributed by atoms with Crippen molar-refractivity contribution in [3.63, 3.8) is 0 Å². The molecular weight excluding hydrogens is 448 g/mol. The standard InChI is InChI=1S/C24H27ClN2O4S/c1-16-14-19-15-21(8-9-22(19)27(16)24(29)18-4-5-18)32(30,31)13-11-23(28)26-12-10-17-2-6-20(25)7-3-17/h2-3,6-9,15-16,18H,4-5,10-14H2,1H3,(H,26,28). The Morgan fingerprint density at radius 3 is 2.53 bits per heavy atom. The molecule has 8 heteroatoms. The first-order valence-corrected chi connectivity index (χ1v) is 13.0. The summed E-state index contributed by atoms with van der Waals surface area (Å²) in [7, 11) is -3.60. The van der Waals surface area contributed by atoms with Crippen molar-refractivity contribution >= 4 is 38.9 Å². The average molecular weight is 475 g/mol. The number of carbonyl (C=O) groups is 2.